The van der Waals surface area contributed by atoms with Gasteiger partial charge in [0.05, 0.1) is 6.54 Å². The molecule has 6 heteroatoms. The Kier molecular flexibility index (Phi) is 4.16. The lowest BCUT2D eigenvalue weighted by atomic mass is 10.2. The van der Waals surface area contributed by atoms with Crippen LogP contribution >= 0.6 is 11.8 Å². The highest BCUT2D eigenvalue weighted by atomic mass is 32.2. The van der Waals surface area contributed by atoms with Gasteiger partial charge in [-0.25, -0.2) is 4.98 Å². The maximum atomic E-state index is 12.1. The van der Waals surface area contributed by atoms with Crippen LogP contribution < -0.4 is 10.1 Å². The average Bonchev–Trinajstić information content (AvgIpc) is 3.01. The molecule has 1 amide bonds. The standard InChI is InChI=1S/C15H13N3O2S/c19-14(18-15-17-8-9-21-15)11-4-3-5-12(10-11)20-13-6-1-2-7-16-13/h1-7,10H,8-9H2,(H,17,18,19). The summed E-state index contributed by atoms with van der Waals surface area (Å²) in [4.78, 5) is 20.4. The summed E-state index contributed by atoms with van der Waals surface area (Å²) in [5.74, 6) is 1.79. The van der Waals surface area contributed by atoms with Gasteiger partial charge < -0.3 is 10.1 Å². The second kappa shape index (κ2) is 6.41. The molecule has 1 aliphatic heterocycles. The number of hydrogen-bond acceptors (Lipinski definition) is 5. The van der Waals surface area contributed by atoms with Crippen molar-refractivity contribution in [3.63, 3.8) is 0 Å². The fourth-order valence-electron chi connectivity index (χ4n) is 1.81. The van der Waals surface area contributed by atoms with E-state index >= 15 is 0 Å². The van der Waals surface area contributed by atoms with Crippen molar-refractivity contribution in [1.29, 1.82) is 0 Å². The number of carbonyl (C=O) groups is 1. The first-order valence-corrected chi connectivity index (χ1v) is 7.47. The Morgan fingerprint density at radius 1 is 1.24 bits per heavy atom. The fraction of sp³-hybridized carbons (Fsp3) is 0.133. The molecule has 0 spiro atoms. The third-order valence-electron chi connectivity index (χ3n) is 2.76. The number of aromatic nitrogens is 1. The Balaban J connectivity index is 1.72. The number of carbonyl (C=O) groups excluding carboxylic acids is 1. The van der Waals surface area contributed by atoms with Crippen LogP contribution in [0.4, 0.5) is 0 Å². The van der Waals surface area contributed by atoms with Crippen molar-refractivity contribution in [2.24, 2.45) is 4.99 Å². The molecule has 3 rings (SSSR count). The number of aliphatic imine (C=N–C) groups is 1. The summed E-state index contributed by atoms with van der Waals surface area (Å²) < 4.78 is 5.61. The van der Waals surface area contributed by atoms with Gasteiger partial charge in [0.1, 0.15) is 5.75 Å². The molecule has 1 aromatic heterocycles. The summed E-state index contributed by atoms with van der Waals surface area (Å²) in [5, 5.41) is 3.47. The highest BCUT2D eigenvalue weighted by Crippen LogP contribution is 2.20. The molecule has 21 heavy (non-hydrogen) atoms. The number of ether oxygens (including phenoxy) is 1. The summed E-state index contributed by atoms with van der Waals surface area (Å²) in [6, 6.07) is 12.4. The third kappa shape index (κ3) is 3.61. The van der Waals surface area contributed by atoms with E-state index in [0.717, 1.165) is 12.3 Å². The number of benzene rings is 1. The molecule has 0 fully saturated rings. The maximum Gasteiger partial charge on any atom is 0.257 e. The van der Waals surface area contributed by atoms with Crippen molar-refractivity contribution in [3.05, 3.63) is 54.2 Å². The Hall–Kier alpha value is -2.34. The van der Waals surface area contributed by atoms with Gasteiger partial charge in [0, 0.05) is 23.6 Å². The van der Waals surface area contributed by atoms with Crippen LogP contribution in [0, 0.1) is 0 Å². The molecule has 1 aliphatic rings. The van der Waals surface area contributed by atoms with E-state index in [9.17, 15) is 4.79 Å². The SMILES string of the molecule is O=C(NC1=NCCS1)c1cccc(Oc2ccccn2)c1. The first-order chi connectivity index (χ1) is 10.3. The number of hydrogen-bond donors (Lipinski definition) is 1. The monoisotopic (exact) mass is 299 g/mol. The summed E-state index contributed by atoms with van der Waals surface area (Å²) in [6.45, 7) is 0.753. The number of nitrogens with one attached hydrogen (secondary N) is 1. The van der Waals surface area contributed by atoms with Gasteiger partial charge in [-0.3, -0.25) is 9.79 Å². The summed E-state index contributed by atoms with van der Waals surface area (Å²) in [6.07, 6.45) is 1.65. The van der Waals surface area contributed by atoms with Gasteiger partial charge in [-0.15, -0.1) is 0 Å². The van der Waals surface area contributed by atoms with Gasteiger partial charge in [0.15, 0.2) is 5.17 Å². The van der Waals surface area contributed by atoms with Crippen LogP contribution in [0.5, 0.6) is 11.6 Å². The zero-order valence-electron chi connectivity index (χ0n) is 11.2. The second-order valence-electron chi connectivity index (χ2n) is 4.29. The molecule has 106 valence electrons. The summed E-state index contributed by atoms with van der Waals surface area (Å²) in [7, 11) is 0. The molecule has 1 aromatic carbocycles. The van der Waals surface area contributed by atoms with Crippen LogP contribution in [0.3, 0.4) is 0 Å². The second-order valence-corrected chi connectivity index (χ2v) is 5.37. The number of amides is 1. The molecular weight excluding hydrogens is 286 g/mol. The van der Waals surface area contributed by atoms with Crippen LogP contribution in [0.15, 0.2) is 53.7 Å². The summed E-state index contributed by atoms with van der Waals surface area (Å²) >= 11 is 1.55. The van der Waals surface area contributed by atoms with Gasteiger partial charge in [-0.1, -0.05) is 23.9 Å². The van der Waals surface area contributed by atoms with Crippen molar-refractivity contribution in [2.75, 3.05) is 12.3 Å². The molecule has 0 aliphatic carbocycles. The number of nitrogens with zero attached hydrogens (tertiary/aromatic N) is 2. The van der Waals surface area contributed by atoms with Gasteiger partial charge >= 0.3 is 0 Å². The minimum absolute atomic E-state index is 0.186. The number of thioether (sulfide) groups is 1. The van der Waals surface area contributed by atoms with E-state index in [0.29, 0.717) is 22.4 Å². The number of rotatable bonds is 3. The molecule has 1 N–H and O–H groups in total. The Bertz CT molecular complexity index is 674. The van der Waals surface area contributed by atoms with Crippen molar-refractivity contribution in [1.82, 2.24) is 10.3 Å². The van der Waals surface area contributed by atoms with Crippen LogP contribution in [0.1, 0.15) is 10.4 Å². The van der Waals surface area contributed by atoms with Gasteiger partial charge in [-0.05, 0) is 24.3 Å². The van der Waals surface area contributed by atoms with E-state index in [-0.39, 0.29) is 5.91 Å². The lowest BCUT2D eigenvalue weighted by molar-refractivity contribution is 0.0977. The lowest BCUT2D eigenvalue weighted by Gasteiger charge is -2.07. The topological polar surface area (TPSA) is 63.6 Å². The highest BCUT2D eigenvalue weighted by molar-refractivity contribution is 8.14. The minimum atomic E-state index is -0.186. The van der Waals surface area contributed by atoms with Gasteiger partial charge in [-0.2, -0.15) is 0 Å². The highest BCUT2D eigenvalue weighted by Gasteiger charge is 2.13. The maximum absolute atomic E-state index is 12.1. The predicted octanol–water partition coefficient (Wildman–Crippen LogP) is 2.71. The lowest BCUT2D eigenvalue weighted by Crippen LogP contribution is -2.27. The first-order valence-electron chi connectivity index (χ1n) is 6.49. The largest absolute Gasteiger partial charge is 0.439 e. The Labute approximate surface area is 126 Å². The third-order valence-corrected chi connectivity index (χ3v) is 3.65. The van der Waals surface area contributed by atoms with E-state index in [4.69, 9.17) is 4.74 Å². The molecule has 0 bridgehead atoms. The molecule has 5 nitrogen and oxygen atoms in total. The Morgan fingerprint density at radius 3 is 2.95 bits per heavy atom. The van der Waals surface area contributed by atoms with Crippen molar-refractivity contribution in [2.45, 2.75) is 0 Å². The van der Waals surface area contributed by atoms with Crippen LogP contribution in [0.25, 0.3) is 0 Å². The molecular formula is C15H13N3O2S. The minimum Gasteiger partial charge on any atom is -0.439 e. The van der Waals surface area contributed by atoms with E-state index in [2.05, 4.69) is 15.3 Å². The molecule has 2 heterocycles. The van der Waals surface area contributed by atoms with Crippen LogP contribution in [-0.4, -0.2) is 28.4 Å². The van der Waals surface area contributed by atoms with Crippen LogP contribution in [0.2, 0.25) is 0 Å². The van der Waals surface area contributed by atoms with Crippen LogP contribution in [-0.2, 0) is 0 Å². The Morgan fingerprint density at radius 2 is 2.19 bits per heavy atom. The predicted molar refractivity (Wildman–Crippen MR) is 83.0 cm³/mol. The average molecular weight is 299 g/mol. The first kappa shape index (κ1) is 13.6. The fourth-order valence-corrected chi connectivity index (χ4v) is 2.53. The van der Waals surface area contributed by atoms with E-state index in [1.807, 2.05) is 12.1 Å². The molecule has 2 aromatic rings. The molecule has 0 atom stereocenters. The van der Waals surface area contributed by atoms with Gasteiger partial charge in [0.2, 0.25) is 5.88 Å². The summed E-state index contributed by atoms with van der Waals surface area (Å²) in [5.41, 5.74) is 0.527. The number of pyridine rings is 1. The zero-order chi connectivity index (χ0) is 14.5. The smallest absolute Gasteiger partial charge is 0.257 e. The quantitative estimate of drug-likeness (QED) is 0.946. The molecule has 0 saturated carbocycles. The zero-order valence-corrected chi connectivity index (χ0v) is 12.0. The van der Waals surface area contributed by atoms with Crippen molar-refractivity contribution in [3.8, 4) is 11.6 Å². The van der Waals surface area contributed by atoms with E-state index < -0.39 is 0 Å². The van der Waals surface area contributed by atoms with E-state index in [1.54, 1.807) is 48.3 Å². The molecule has 0 saturated heterocycles. The number of amidine groups is 1. The van der Waals surface area contributed by atoms with Crippen molar-refractivity contribution >= 4 is 22.8 Å². The molecule has 0 unspecified atom stereocenters. The normalized spacial score (nSPS) is 13.6. The van der Waals surface area contributed by atoms with Crippen molar-refractivity contribution < 1.29 is 9.53 Å². The van der Waals surface area contributed by atoms with Gasteiger partial charge in [0.25, 0.3) is 5.91 Å². The molecule has 0 radical (unpaired) electrons. The van der Waals surface area contributed by atoms with E-state index in [1.165, 1.54) is 0 Å².